The van der Waals surface area contributed by atoms with Crippen LogP contribution in [-0.2, 0) is 21.4 Å². The normalized spacial score (nSPS) is 27.2. The highest BCUT2D eigenvalue weighted by Crippen LogP contribution is 2.44. The minimum atomic E-state index is -3.37. The quantitative estimate of drug-likeness (QED) is 0.850. The molecule has 3 heterocycles. The number of likely N-dealkylation sites (tertiary alicyclic amines) is 1. The summed E-state index contributed by atoms with van der Waals surface area (Å²) in [6.07, 6.45) is 0. The molecular weight excluding hydrogens is 356 g/mol. The molecular formula is C18H22N2O5S. The second kappa shape index (κ2) is 6.07. The monoisotopic (exact) mass is 378 g/mol. The van der Waals surface area contributed by atoms with Gasteiger partial charge in [-0.25, -0.2) is 12.7 Å². The molecule has 0 saturated carbocycles. The average molecular weight is 378 g/mol. The maximum atomic E-state index is 12.2. The Kier molecular flexibility index (Phi) is 4.09. The molecule has 1 aromatic heterocycles. The Morgan fingerprint density at radius 2 is 2.08 bits per heavy atom. The van der Waals surface area contributed by atoms with E-state index in [1.807, 2.05) is 30.3 Å². The number of sulfonamides is 1. The first-order chi connectivity index (χ1) is 12.3. The fourth-order valence-corrected chi connectivity index (χ4v) is 5.47. The summed E-state index contributed by atoms with van der Waals surface area (Å²) >= 11 is 0. The van der Waals surface area contributed by atoms with Crippen molar-refractivity contribution >= 4 is 27.0 Å². The SMILES string of the molecule is CCS(=O)(=O)N1C[C@@H]2CN(Cc3cc4ccccc4o3)C[C@]2(C(=O)O)C1. The Labute approximate surface area is 152 Å². The van der Waals surface area contributed by atoms with Gasteiger partial charge in [0.2, 0.25) is 10.0 Å². The van der Waals surface area contributed by atoms with Crippen LogP contribution in [0.15, 0.2) is 34.7 Å². The van der Waals surface area contributed by atoms with Crippen LogP contribution < -0.4 is 0 Å². The van der Waals surface area contributed by atoms with E-state index in [0.29, 0.717) is 19.6 Å². The molecule has 2 aliphatic heterocycles. The predicted molar refractivity (Wildman–Crippen MR) is 96.1 cm³/mol. The number of hydrogen-bond acceptors (Lipinski definition) is 5. The van der Waals surface area contributed by atoms with Gasteiger partial charge in [-0.3, -0.25) is 9.69 Å². The lowest BCUT2D eigenvalue weighted by atomic mass is 9.81. The molecule has 0 aliphatic carbocycles. The van der Waals surface area contributed by atoms with Crippen LogP contribution in [0.25, 0.3) is 11.0 Å². The van der Waals surface area contributed by atoms with Gasteiger partial charge in [0, 0.05) is 37.5 Å². The summed E-state index contributed by atoms with van der Waals surface area (Å²) in [5, 5.41) is 10.9. The third-order valence-electron chi connectivity index (χ3n) is 5.69. The Balaban J connectivity index is 1.54. The van der Waals surface area contributed by atoms with Gasteiger partial charge in [-0.15, -0.1) is 0 Å². The van der Waals surface area contributed by atoms with E-state index >= 15 is 0 Å². The number of rotatable bonds is 5. The van der Waals surface area contributed by atoms with Gasteiger partial charge in [0.15, 0.2) is 0 Å². The lowest BCUT2D eigenvalue weighted by Crippen LogP contribution is -2.42. The molecule has 0 bridgehead atoms. The second-order valence-electron chi connectivity index (χ2n) is 7.27. The van der Waals surface area contributed by atoms with Crippen molar-refractivity contribution in [1.82, 2.24) is 9.21 Å². The molecule has 8 heteroatoms. The van der Waals surface area contributed by atoms with Crippen molar-refractivity contribution in [2.45, 2.75) is 13.5 Å². The van der Waals surface area contributed by atoms with E-state index in [-0.39, 0.29) is 24.8 Å². The number of para-hydroxylation sites is 1. The Hall–Kier alpha value is -1.90. The number of carbonyl (C=O) groups is 1. The Bertz CT molecular complexity index is 920. The Morgan fingerprint density at radius 3 is 2.73 bits per heavy atom. The largest absolute Gasteiger partial charge is 0.481 e. The van der Waals surface area contributed by atoms with E-state index in [1.165, 1.54) is 4.31 Å². The van der Waals surface area contributed by atoms with Crippen molar-refractivity contribution in [1.29, 1.82) is 0 Å². The molecule has 140 valence electrons. The van der Waals surface area contributed by atoms with Gasteiger partial charge in [-0.2, -0.15) is 0 Å². The molecule has 0 radical (unpaired) electrons. The summed E-state index contributed by atoms with van der Waals surface area (Å²) in [4.78, 5) is 14.1. The molecule has 0 unspecified atom stereocenters. The first-order valence-electron chi connectivity index (χ1n) is 8.75. The van der Waals surface area contributed by atoms with Crippen LogP contribution in [0.2, 0.25) is 0 Å². The molecule has 2 atom stereocenters. The summed E-state index contributed by atoms with van der Waals surface area (Å²) in [5.41, 5.74) is -0.219. The zero-order valence-electron chi connectivity index (χ0n) is 14.6. The molecule has 2 fully saturated rings. The fourth-order valence-electron chi connectivity index (χ4n) is 4.28. The van der Waals surface area contributed by atoms with Crippen molar-refractivity contribution in [3.8, 4) is 0 Å². The van der Waals surface area contributed by atoms with E-state index < -0.39 is 21.4 Å². The van der Waals surface area contributed by atoms with Gasteiger partial charge < -0.3 is 9.52 Å². The maximum Gasteiger partial charge on any atom is 0.312 e. The van der Waals surface area contributed by atoms with Crippen LogP contribution in [0.3, 0.4) is 0 Å². The minimum Gasteiger partial charge on any atom is -0.481 e. The number of fused-ring (bicyclic) bond motifs is 2. The lowest BCUT2D eigenvalue weighted by molar-refractivity contribution is -0.148. The van der Waals surface area contributed by atoms with Crippen molar-refractivity contribution < 1.29 is 22.7 Å². The molecule has 2 saturated heterocycles. The number of furan rings is 1. The zero-order chi connectivity index (χ0) is 18.5. The molecule has 0 spiro atoms. The second-order valence-corrected chi connectivity index (χ2v) is 9.53. The molecule has 1 aromatic carbocycles. The van der Waals surface area contributed by atoms with Crippen LogP contribution in [0.1, 0.15) is 12.7 Å². The van der Waals surface area contributed by atoms with E-state index in [4.69, 9.17) is 4.42 Å². The van der Waals surface area contributed by atoms with Gasteiger partial charge in [-0.05, 0) is 19.1 Å². The van der Waals surface area contributed by atoms with E-state index in [1.54, 1.807) is 6.92 Å². The van der Waals surface area contributed by atoms with Gasteiger partial charge in [-0.1, -0.05) is 18.2 Å². The lowest BCUT2D eigenvalue weighted by Gasteiger charge is -2.24. The Morgan fingerprint density at radius 1 is 1.31 bits per heavy atom. The van der Waals surface area contributed by atoms with Crippen molar-refractivity contribution in [3.63, 3.8) is 0 Å². The van der Waals surface area contributed by atoms with E-state index in [0.717, 1.165) is 16.7 Å². The third kappa shape index (κ3) is 2.72. The number of hydrogen-bond donors (Lipinski definition) is 1. The number of carboxylic acid groups (broad SMARTS) is 1. The van der Waals surface area contributed by atoms with Crippen molar-refractivity contribution in [2.75, 3.05) is 31.9 Å². The molecule has 2 aliphatic rings. The summed E-state index contributed by atoms with van der Waals surface area (Å²) in [7, 11) is -3.37. The fraction of sp³-hybridized carbons (Fsp3) is 0.500. The predicted octanol–water partition coefficient (Wildman–Crippen LogP) is 1.60. The molecule has 0 amide bonds. The first kappa shape index (κ1) is 17.5. The number of benzene rings is 1. The van der Waals surface area contributed by atoms with E-state index in [2.05, 4.69) is 4.90 Å². The van der Waals surface area contributed by atoms with Crippen molar-refractivity contribution in [2.24, 2.45) is 11.3 Å². The smallest absolute Gasteiger partial charge is 0.312 e. The van der Waals surface area contributed by atoms with Gasteiger partial charge in [0.1, 0.15) is 11.3 Å². The standard InChI is InChI=1S/C18H22N2O5S/c1-2-26(23,24)20-9-14-8-19(11-18(14,12-20)17(21)22)10-15-7-13-5-3-4-6-16(13)25-15/h3-7,14H,2,8-12H2,1H3,(H,21,22)/t14-,18-/m0/s1. The molecule has 4 rings (SSSR count). The molecule has 1 N–H and O–H groups in total. The number of carboxylic acids is 1. The van der Waals surface area contributed by atoms with Crippen LogP contribution in [-0.4, -0.2) is 60.6 Å². The minimum absolute atomic E-state index is 0.00187. The van der Waals surface area contributed by atoms with E-state index in [9.17, 15) is 18.3 Å². The van der Waals surface area contributed by atoms with Crippen LogP contribution >= 0.6 is 0 Å². The van der Waals surface area contributed by atoms with Crippen LogP contribution in [0, 0.1) is 11.3 Å². The summed E-state index contributed by atoms with van der Waals surface area (Å²) in [5.74, 6) is -0.322. The van der Waals surface area contributed by atoms with Crippen LogP contribution in [0.4, 0.5) is 0 Å². The average Bonchev–Trinajstić information content (AvgIpc) is 3.24. The highest BCUT2D eigenvalue weighted by atomic mass is 32.2. The van der Waals surface area contributed by atoms with Crippen molar-refractivity contribution in [3.05, 3.63) is 36.1 Å². The highest BCUT2D eigenvalue weighted by Gasteiger charge is 2.59. The number of aliphatic carboxylic acids is 1. The summed E-state index contributed by atoms with van der Waals surface area (Å²) in [6, 6.07) is 9.73. The van der Waals surface area contributed by atoms with Gasteiger partial charge >= 0.3 is 5.97 Å². The maximum absolute atomic E-state index is 12.2. The number of nitrogens with zero attached hydrogens (tertiary/aromatic N) is 2. The van der Waals surface area contributed by atoms with Gasteiger partial charge in [0.25, 0.3) is 0 Å². The highest BCUT2D eigenvalue weighted by molar-refractivity contribution is 7.89. The summed E-state index contributed by atoms with van der Waals surface area (Å²) < 4.78 is 31.5. The molecule has 2 aromatic rings. The summed E-state index contributed by atoms with van der Waals surface area (Å²) in [6.45, 7) is 3.34. The van der Waals surface area contributed by atoms with Gasteiger partial charge in [0.05, 0.1) is 17.7 Å². The zero-order valence-corrected chi connectivity index (χ0v) is 15.4. The third-order valence-corrected chi connectivity index (χ3v) is 7.48. The first-order valence-corrected chi connectivity index (χ1v) is 10.4. The molecule has 7 nitrogen and oxygen atoms in total. The molecule has 26 heavy (non-hydrogen) atoms. The van der Waals surface area contributed by atoms with Crippen LogP contribution in [0.5, 0.6) is 0 Å². The topological polar surface area (TPSA) is 91.1 Å².